The molecular weight excluding hydrogens is 174 g/mol. The highest BCUT2D eigenvalue weighted by molar-refractivity contribution is 5.91. The largest absolute Gasteiger partial charge is 0.398 e. The van der Waals surface area contributed by atoms with E-state index in [1.807, 2.05) is 0 Å². The Morgan fingerprint density at radius 3 is 2.69 bits per heavy atom. The van der Waals surface area contributed by atoms with Crippen LogP contribution in [0.5, 0.6) is 0 Å². The number of fused-ring (bicyclic) bond motifs is 1. The van der Waals surface area contributed by atoms with Gasteiger partial charge in [0.05, 0.1) is 5.52 Å². The summed E-state index contributed by atoms with van der Waals surface area (Å²) >= 11 is 0. The zero-order valence-corrected chi connectivity index (χ0v) is 6.74. The van der Waals surface area contributed by atoms with E-state index in [1.165, 1.54) is 6.20 Å². The molecule has 68 valence electrons. The van der Waals surface area contributed by atoms with E-state index >= 15 is 0 Å². The summed E-state index contributed by atoms with van der Waals surface area (Å²) < 4.78 is 25.7. The van der Waals surface area contributed by atoms with Crippen molar-refractivity contribution in [3.63, 3.8) is 0 Å². The second-order valence-corrected chi connectivity index (χ2v) is 2.78. The molecule has 0 aliphatic heterocycles. The van der Waals surface area contributed by atoms with Gasteiger partial charge in [-0.05, 0) is 18.2 Å². The third kappa shape index (κ3) is 1.14. The van der Waals surface area contributed by atoms with E-state index in [0.717, 1.165) is 4.57 Å². The number of benzene rings is 1. The maximum atomic E-state index is 12.4. The number of nitrogen functional groups attached to an aromatic ring is 1. The van der Waals surface area contributed by atoms with Gasteiger partial charge in [-0.2, -0.15) is 8.78 Å². The van der Waals surface area contributed by atoms with Crippen LogP contribution in [0.25, 0.3) is 10.9 Å². The maximum absolute atomic E-state index is 12.4. The highest BCUT2D eigenvalue weighted by atomic mass is 19.3. The molecule has 0 amide bonds. The lowest BCUT2D eigenvalue weighted by Gasteiger charge is -2.02. The maximum Gasteiger partial charge on any atom is 0.319 e. The minimum absolute atomic E-state index is 0.468. The van der Waals surface area contributed by atoms with Crippen molar-refractivity contribution in [2.24, 2.45) is 0 Å². The Morgan fingerprint density at radius 2 is 2.00 bits per heavy atom. The first-order valence-electron chi connectivity index (χ1n) is 3.83. The number of hydrogen-bond donors (Lipinski definition) is 1. The van der Waals surface area contributed by atoms with Crippen LogP contribution in [-0.2, 0) is 0 Å². The van der Waals surface area contributed by atoms with Gasteiger partial charge >= 0.3 is 6.55 Å². The Hall–Kier alpha value is -1.58. The van der Waals surface area contributed by atoms with E-state index in [9.17, 15) is 8.78 Å². The Bertz CT molecular complexity index is 434. The molecule has 2 nitrogen and oxygen atoms in total. The van der Waals surface area contributed by atoms with Gasteiger partial charge in [0.15, 0.2) is 0 Å². The quantitative estimate of drug-likeness (QED) is 0.675. The first kappa shape index (κ1) is 8.04. The van der Waals surface area contributed by atoms with Gasteiger partial charge in [-0.15, -0.1) is 0 Å². The molecule has 0 saturated heterocycles. The number of halogens is 2. The second kappa shape index (κ2) is 2.73. The molecule has 0 aliphatic carbocycles. The van der Waals surface area contributed by atoms with Gasteiger partial charge < -0.3 is 5.73 Å². The molecule has 0 bridgehead atoms. The molecule has 0 fully saturated rings. The van der Waals surface area contributed by atoms with E-state index < -0.39 is 6.55 Å². The summed E-state index contributed by atoms with van der Waals surface area (Å²) in [6.07, 6.45) is 1.34. The van der Waals surface area contributed by atoms with Crippen molar-refractivity contribution in [2.45, 2.75) is 6.55 Å². The number of hydrogen-bond acceptors (Lipinski definition) is 1. The van der Waals surface area contributed by atoms with E-state index in [1.54, 1.807) is 24.3 Å². The molecule has 2 N–H and O–H groups in total. The summed E-state index contributed by atoms with van der Waals surface area (Å²) in [5.74, 6) is 0. The van der Waals surface area contributed by atoms with Crippen molar-refractivity contribution >= 4 is 16.6 Å². The van der Waals surface area contributed by atoms with Crippen LogP contribution < -0.4 is 5.73 Å². The highest BCUT2D eigenvalue weighted by Gasteiger charge is 2.09. The normalized spacial score (nSPS) is 11.3. The van der Waals surface area contributed by atoms with E-state index in [2.05, 4.69) is 0 Å². The number of alkyl halides is 2. The number of aromatic nitrogens is 1. The van der Waals surface area contributed by atoms with Gasteiger partial charge in [0.1, 0.15) is 0 Å². The molecule has 2 aromatic rings. The topological polar surface area (TPSA) is 30.9 Å². The zero-order chi connectivity index (χ0) is 9.42. The molecular formula is C9H8F2N2. The van der Waals surface area contributed by atoms with Crippen LogP contribution in [-0.4, -0.2) is 4.57 Å². The molecule has 1 heterocycles. The van der Waals surface area contributed by atoms with Gasteiger partial charge in [-0.25, -0.2) is 0 Å². The molecule has 13 heavy (non-hydrogen) atoms. The van der Waals surface area contributed by atoms with Gasteiger partial charge in [0.2, 0.25) is 0 Å². The van der Waals surface area contributed by atoms with Crippen molar-refractivity contribution < 1.29 is 8.78 Å². The molecule has 0 radical (unpaired) electrons. The number of nitrogens with zero attached hydrogens (tertiary/aromatic N) is 1. The molecule has 0 unspecified atom stereocenters. The third-order valence-corrected chi connectivity index (χ3v) is 2.01. The monoisotopic (exact) mass is 182 g/mol. The van der Waals surface area contributed by atoms with E-state index in [-0.39, 0.29) is 0 Å². The Balaban J connectivity index is 2.75. The molecule has 1 aromatic heterocycles. The summed E-state index contributed by atoms with van der Waals surface area (Å²) in [7, 11) is 0. The van der Waals surface area contributed by atoms with Crippen LogP contribution in [0.15, 0.2) is 30.5 Å². The summed E-state index contributed by atoms with van der Waals surface area (Å²) in [4.78, 5) is 0. The van der Waals surface area contributed by atoms with Gasteiger partial charge in [-0.3, -0.25) is 4.57 Å². The molecule has 0 atom stereocenters. The fraction of sp³-hybridized carbons (Fsp3) is 0.111. The summed E-state index contributed by atoms with van der Waals surface area (Å²) in [6, 6.07) is 6.57. The third-order valence-electron chi connectivity index (χ3n) is 2.01. The predicted molar refractivity (Wildman–Crippen MR) is 47.6 cm³/mol. The molecule has 0 saturated carbocycles. The first-order chi connectivity index (χ1) is 6.20. The molecule has 0 spiro atoms. The lowest BCUT2D eigenvalue weighted by atomic mass is 10.2. The summed E-state index contributed by atoms with van der Waals surface area (Å²) in [5.41, 5.74) is 6.60. The summed E-state index contributed by atoms with van der Waals surface area (Å²) in [5, 5.41) is 0.669. The Kier molecular flexibility index (Phi) is 1.69. The average Bonchev–Trinajstić information content (AvgIpc) is 2.48. The van der Waals surface area contributed by atoms with Gasteiger partial charge in [0.25, 0.3) is 0 Å². The van der Waals surface area contributed by atoms with Crippen LogP contribution in [0.2, 0.25) is 0 Å². The van der Waals surface area contributed by atoms with E-state index in [4.69, 9.17) is 5.73 Å². The standard InChI is InChI=1S/C9H8F2N2/c10-9(11)13-5-4-6-7(12)2-1-3-8(6)13/h1-5,9H,12H2. The molecule has 0 aliphatic rings. The smallest absolute Gasteiger partial charge is 0.319 e. The highest BCUT2D eigenvalue weighted by Crippen LogP contribution is 2.25. The minimum Gasteiger partial charge on any atom is -0.398 e. The number of rotatable bonds is 1. The lowest BCUT2D eigenvalue weighted by Crippen LogP contribution is -1.95. The van der Waals surface area contributed by atoms with Crippen molar-refractivity contribution in [2.75, 3.05) is 5.73 Å². The van der Waals surface area contributed by atoms with Crippen molar-refractivity contribution in [1.29, 1.82) is 0 Å². The number of nitrogens with two attached hydrogens (primary N) is 1. The van der Waals surface area contributed by atoms with E-state index in [0.29, 0.717) is 16.6 Å². The van der Waals surface area contributed by atoms with Crippen LogP contribution in [0.1, 0.15) is 6.55 Å². The first-order valence-corrected chi connectivity index (χ1v) is 3.83. The Morgan fingerprint density at radius 1 is 1.23 bits per heavy atom. The lowest BCUT2D eigenvalue weighted by molar-refractivity contribution is 0.0752. The Labute approximate surface area is 73.6 Å². The van der Waals surface area contributed by atoms with Gasteiger partial charge in [-0.1, -0.05) is 6.07 Å². The second-order valence-electron chi connectivity index (χ2n) is 2.78. The van der Waals surface area contributed by atoms with Crippen LogP contribution in [0, 0.1) is 0 Å². The van der Waals surface area contributed by atoms with Crippen molar-refractivity contribution in [1.82, 2.24) is 4.57 Å². The number of anilines is 1. The fourth-order valence-electron chi connectivity index (χ4n) is 1.38. The zero-order valence-electron chi connectivity index (χ0n) is 6.74. The van der Waals surface area contributed by atoms with Crippen molar-refractivity contribution in [3.8, 4) is 0 Å². The predicted octanol–water partition coefficient (Wildman–Crippen LogP) is 2.62. The fourth-order valence-corrected chi connectivity index (χ4v) is 1.38. The summed E-state index contributed by atoms with van der Waals surface area (Å²) in [6.45, 7) is -2.51. The average molecular weight is 182 g/mol. The van der Waals surface area contributed by atoms with Crippen molar-refractivity contribution in [3.05, 3.63) is 30.5 Å². The molecule has 1 aromatic carbocycles. The molecule has 4 heteroatoms. The SMILES string of the molecule is Nc1cccc2c1ccn2C(F)F. The molecule has 2 rings (SSSR count). The van der Waals surface area contributed by atoms with Gasteiger partial charge in [0, 0.05) is 17.3 Å². The minimum atomic E-state index is -2.51. The van der Waals surface area contributed by atoms with Crippen LogP contribution in [0.4, 0.5) is 14.5 Å². The van der Waals surface area contributed by atoms with Crippen LogP contribution in [0.3, 0.4) is 0 Å². The van der Waals surface area contributed by atoms with Crippen LogP contribution >= 0.6 is 0 Å².